The van der Waals surface area contributed by atoms with E-state index >= 15 is 0 Å². The van der Waals surface area contributed by atoms with Gasteiger partial charge in [-0.2, -0.15) is 0 Å². The van der Waals surface area contributed by atoms with Gasteiger partial charge in [0.05, 0.1) is 5.44 Å². The molecule has 1 aromatic heterocycles. The number of ether oxygens (including phenoxy) is 3. The van der Waals surface area contributed by atoms with Crippen molar-refractivity contribution < 1.29 is 14.2 Å². The molecule has 0 radical (unpaired) electrons. The van der Waals surface area contributed by atoms with Crippen molar-refractivity contribution >= 4 is 37.2 Å². The van der Waals surface area contributed by atoms with E-state index in [9.17, 15) is 0 Å². The maximum absolute atomic E-state index is 6.78. The molecule has 6 heteroatoms. The highest BCUT2D eigenvalue weighted by Gasteiger charge is 2.72. The fourth-order valence-electron chi connectivity index (χ4n) is 6.79. The predicted molar refractivity (Wildman–Crippen MR) is 145 cm³/mol. The first kappa shape index (κ1) is 23.7. The van der Waals surface area contributed by atoms with Gasteiger partial charge in [0.15, 0.2) is 11.6 Å². The van der Waals surface area contributed by atoms with Gasteiger partial charge in [-0.1, -0.05) is 54.6 Å². The highest BCUT2D eigenvalue weighted by Crippen LogP contribution is 2.75. The number of hydrogen-bond donors (Lipinski definition) is 0. The van der Waals surface area contributed by atoms with Crippen molar-refractivity contribution in [3.63, 3.8) is 0 Å². The van der Waals surface area contributed by atoms with Crippen LogP contribution >= 0.6 is 15.8 Å². The first-order valence-corrected chi connectivity index (χ1v) is 15.0. The largest absolute Gasteiger partial charge is 0.339 e. The van der Waals surface area contributed by atoms with Crippen LogP contribution in [-0.4, -0.2) is 27.2 Å². The molecule has 4 nitrogen and oxygen atoms in total. The van der Waals surface area contributed by atoms with Crippen LogP contribution in [-0.2, 0) is 14.2 Å². The van der Waals surface area contributed by atoms with Crippen LogP contribution in [0.1, 0.15) is 51.7 Å². The summed E-state index contributed by atoms with van der Waals surface area (Å²) >= 11 is 0. The smallest absolute Gasteiger partial charge is 0.173 e. The summed E-state index contributed by atoms with van der Waals surface area (Å²) in [7, 11) is -1.71. The molecule has 0 saturated carbocycles. The second kappa shape index (κ2) is 7.91. The lowest BCUT2D eigenvalue weighted by molar-refractivity contribution is -0.467. The van der Waals surface area contributed by atoms with E-state index in [1.165, 1.54) is 27.0 Å². The minimum Gasteiger partial charge on any atom is -0.339 e. The Labute approximate surface area is 210 Å². The van der Waals surface area contributed by atoms with Crippen LogP contribution in [0.15, 0.2) is 66.9 Å². The van der Waals surface area contributed by atoms with E-state index in [2.05, 4.69) is 102 Å². The molecule has 0 spiro atoms. The Morgan fingerprint density at radius 2 is 1.17 bits per heavy atom. The van der Waals surface area contributed by atoms with Crippen LogP contribution in [0.2, 0.25) is 0 Å². The van der Waals surface area contributed by atoms with Crippen LogP contribution in [0.4, 0.5) is 0 Å². The lowest BCUT2D eigenvalue weighted by atomic mass is 9.98. The number of aryl methyl sites for hydroxylation is 2. The molecule has 0 N–H and O–H groups in total. The van der Waals surface area contributed by atoms with Crippen molar-refractivity contribution in [2.24, 2.45) is 0 Å². The Morgan fingerprint density at radius 3 is 1.69 bits per heavy atom. The van der Waals surface area contributed by atoms with Gasteiger partial charge in [0, 0.05) is 32.3 Å². The Bertz CT molecular complexity index is 1220. The maximum atomic E-state index is 6.78. The molecule has 4 atom stereocenters. The van der Waals surface area contributed by atoms with Gasteiger partial charge in [-0.15, -0.1) is 0 Å². The molecule has 4 aliphatic rings. The fourth-order valence-corrected chi connectivity index (χ4v) is 13.8. The first-order chi connectivity index (χ1) is 16.6. The van der Waals surface area contributed by atoms with Crippen molar-refractivity contribution in [1.82, 2.24) is 4.98 Å². The highest BCUT2D eigenvalue weighted by molar-refractivity contribution is 7.82. The van der Waals surface area contributed by atoms with Gasteiger partial charge >= 0.3 is 0 Å². The van der Waals surface area contributed by atoms with Crippen LogP contribution in [0.5, 0.6) is 0 Å². The minimum atomic E-state index is -0.901. The Hall–Kier alpha value is -1.67. The van der Waals surface area contributed by atoms with E-state index in [4.69, 9.17) is 19.2 Å². The predicted octanol–water partition coefficient (Wildman–Crippen LogP) is 5.30. The number of nitrogens with zero attached hydrogens (tertiary/aromatic N) is 1. The second-order valence-electron chi connectivity index (χ2n) is 10.9. The Morgan fingerprint density at radius 1 is 0.686 bits per heavy atom. The van der Waals surface area contributed by atoms with Gasteiger partial charge in [-0.05, 0) is 77.3 Å². The number of hydrogen-bond acceptors (Lipinski definition) is 4. The van der Waals surface area contributed by atoms with Gasteiger partial charge in [-0.25, -0.2) is 0 Å². The maximum Gasteiger partial charge on any atom is 0.173 e. The molecule has 35 heavy (non-hydrogen) atoms. The first-order valence-electron chi connectivity index (χ1n) is 12.3. The van der Waals surface area contributed by atoms with E-state index in [1.54, 1.807) is 0 Å². The molecule has 0 amide bonds. The number of benzene rings is 2. The van der Waals surface area contributed by atoms with Crippen LogP contribution in [0.25, 0.3) is 0 Å². The van der Waals surface area contributed by atoms with Crippen molar-refractivity contribution in [2.45, 2.75) is 76.6 Å². The minimum absolute atomic E-state index is 0.371. The Balaban J connectivity index is 1.58. The van der Waals surface area contributed by atoms with E-state index in [1.807, 2.05) is 6.20 Å². The third-order valence-electron chi connectivity index (χ3n) is 7.48. The molecule has 3 aromatic rings. The topological polar surface area (TPSA) is 40.6 Å². The standard InChI is InChI=1S/C29H33NO3P2/c1-20-12-7-9-14-22(20)34(23-15-10-8-13-21(23)2)24-16-11-17-30-25(24)35-28(5)18-26(3)31-27(4,33-28)19-29(35,6)32-26/h7-17H,18-19H2,1-6H3. The molecule has 4 fully saturated rings. The summed E-state index contributed by atoms with van der Waals surface area (Å²) in [6.45, 7) is 13.1. The summed E-state index contributed by atoms with van der Waals surface area (Å²) in [6.07, 6.45) is 3.36. The highest BCUT2D eigenvalue weighted by atomic mass is 31.1. The molecule has 0 aliphatic carbocycles. The fraction of sp³-hybridized carbons (Fsp3) is 0.414. The SMILES string of the molecule is Cc1ccccc1P(c1ccccc1C)c1cccnc1P1C2(C)CC3(C)OC(C)(CC1(C)O3)O2. The van der Waals surface area contributed by atoms with E-state index in [-0.39, 0.29) is 10.7 Å². The second-order valence-corrected chi connectivity index (χ2v) is 16.0. The zero-order valence-electron chi connectivity index (χ0n) is 21.3. The van der Waals surface area contributed by atoms with Gasteiger partial charge in [0.2, 0.25) is 0 Å². The van der Waals surface area contributed by atoms with Gasteiger partial charge in [0.1, 0.15) is 10.7 Å². The average molecular weight is 506 g/mol. The molecular weight excluding hydrogens is 472 g/mol. The quantitative estimate of drug-likeness (QED) is 0.452. The van der Waals surface area contributed by atoms with Crippen LogP contribution < -0.4 is 21.3 Å². The van der Waals surface area contributed by atoms with E-state index < -0.39 is 27.4 Å². The number of pyridine rings is 1. The monoisotopic (exact) mass is 505 g/mol. The van der Waals surface area contributed by atoms with Crippen LogP contribution in [0, 0.1) is 13.8 Å². The van der Waals surface area contributed by atoms with Gasteiger partial charge in [-0.3, -0.25) is 4.98 Å². The number of aromatic nitrogens is 1. The van der Waals surface area contributed by atoms with Crippen molar-refractivity contribution in [2.75, 3.05) is 0 Å². The molecule has 7 rings (SSSR count). The van der Waals surface area contributed by atoms with E-state index in [0.717, 1.165) is 5.44 Å². The summed E-state index contributed by atoms with van der Waals surface area (Å²) in [5.74, 6) is -1.25. The molecule has 5 heterocycles. The zero-order chi connectivity index (χ0) is 24.6. The summed E-state index contributed by atoms with van der Waals surface area (Å²) in [4.78, 5) is 5.14. The lowest BCUT2D eigenvalue weighted by Crippen LogP contribution is -2.72. The summed E-state index contributed by atoms with van der Waals surface area (Å²) < 4.78 is 19.9. The van der Waals surface area contributed by atoms with E-state index in [0.29, 0.717) is 12.8 Å². The molecule has 4 unspecified atom stereocenters. The summed E-state index contributed by atoms with van der Waals surface area (Å²) in [5, 5.41) is 3.33. The third kappa shape index (κ3) is 3.73. The van der Waals surface area contributed by atoms with Crippen molar-refractivity contribution in [1.29, 1.82) is 0 Å². The van der Waals surface area contributed by atoms with Gasteiger partial charge < -0.3 is 14.2 Å². The van der Waals surface area contributed by atoms with Crippen LogP contribution in [0.3, 0.4) is 0 Å². The zero-order valence-corrected chi connectivity index (χ0v) is 23.1. The van der Waals surface area contributed by atoms with Gasteiger partial charge in [0.25, 0.3) is 0 Å². The molecular formula is C29H33NO3P2. The average Bonchev–Trinajstić information content (AvgIpc) is 2.74. The lowest BCUT2D eigenvalue weighted by Gasteiger charge is -2.69. The molecule has 4 saturated heterocycles. The molecule has 182 valence electrons. The van der Waals surface area contributed by atoms with Crippen molar-refractivity contribution in [3.8, 4) is 0 Å². The molecule has 4 bridgehead atoms. The summed E-state index contributed by atoms with van der Waals surface area (Å²) in [5.41, 5.74) is 3.79. The molecule has 4 aliphatic heterocycles. The third-order valence-corrected chi connectivity index (χ3v) is 13.6. The van der Waals surface area contributed by atoms with Crippen molar-refractivity contribution in [3.05, 3.63) is 78.0 Å². The number of rotatable bonds is 4. The normalized spacial score (nSPS) is 35.6. The molecule has 2 aromatic carbocycles. The summed E-state index contributed by atoms with van der Waals surface area (Å²) in [6, 6.07) is 22.0. The Kier molecular flexibility index (Phi) is 5.36.